The van der Waals surface area contributed by atoms with Gasteiger partial charge in [0, 0.05) is 83.0 Å². The number of aryl methyl sites for hydroxylation is 1. The Hall–Kier alpha value is -6.77. The maximum absolute atomic E-state index is 13.9. The van der Waals surface area contributed by atoms with Crippen molar-refractivity contribution in [1.29, 1.82) is 0 Å². The molecule has 0 saturated carbocycles. The van der Waals surface area contributed by atoms with Crippen molar-refractivity contribution in [3.63, 3.8) is 0 Å². The van der Waals surface area contributed by atoms with Crippen LogP contribution in [-0.2, 0) is 35.3 Å². The Morgan fingerprint density at radius 2 is 1.15 bits per heavy atom. The van der Waals surface area contributed by atoms with Crippen molar-refractivity contribution >= 4 is 23.2 Å². The summed E-state index contributed by atoms with van der Waals surface area (Å²) in [4.78, 5) is 73.8. The molecule has 2 aliphatic heterocycles. The van der Waals surface area contributed by atoms with Gasteiger partial charge in [-0.3, -0.25) is 24.2 Å². The van der Waals surface area contributed by atoms with E-state index in [1.165, 1.54) is 41.4 Å². The Bertz CT molecular complexity index is 2370. The third-order valence-electron chi connectivity index (χ3n) is 8.98. The first-order chi connectivity index (χ1) is 26.0. The molecule has 8 rings (SSSR count). The maximum atomic E-state index is 13.9. The molecule has 6 aromatic rings. The number of aromatic amines is 2. The molecule has 2 amide bonds. The second kappa shape index (κ2) is 15.1. The minimum Gasteiger partial charge on any atom is -0.311 e. The number of hydrogen-bond donors (Lipinski definition) is 2. The van der Waals surface area contributed by atoms with Crippen molar-refractivity contribution in [2.75, 3.05) is 22.9 Å². The predicted molar refractivity (Wildman–Crippen MR) is 193 cm³/mol. The number of pyridine rings is 2. The van der Waals surface area contributed by atoms with Crippen LogP contribution in [0.1, 0.15) is 28.5 Å². The largest absolute Gasteiger partial charge is 0.311 e. The molecule has 272 valence electrons. The summed E-state index contributed by atoms with van der Waals surface area (Å²) >= 11 is 0. The Morgan fingerprint density at radius 1 is 0.667 bits per heavy atom. The highest BCUT2D eigenvalue weighted by Gasteiger charge is 2.28. The molecule has 2 aliphatic rings. The number of anilines is 2. The van der Waals surface area contributed by atoms with Gasteiger partial charge in [-0.15, -0.1) is 0 Å². The predicted octanol–water partition coefficient (Wildman–Crippen LogP) is 4.65. The monoisotopic (exact) mass is 732 g/mol. The smallest absolute Gasteiger partial charge is 0.251 e. The standard InChI is InChI=1S/C20H17FN4O2.C19H14F2N4O2/c1-12-9-13(5-7-22-12)16-10-19(26)24-18(23-16)11-20(27)25-8-6-14-15(21)3-2-4-17(14)25;20-13-2-1-3-15-12(13)5-7-25(15)19(27)10-17-23-14(9-18(26)24-17)11-4-6-22-16(21)8-11/h2-5,7,9-10H,6,8,11H2,1H3,(H,23,24,26);1-4,6,8-9H,5,7,10H2,(H,23,24,26). The van der Waals surface area contributed by atoms with Gasteiger partial charge in [-0.2, -0.15) is 4.39 Å². The highest BCUT2D eigenvalue weighted by Crippen LogP contribution is 2.31. The van der Waals surface area contributed by atoms with Gasteiger partial charge in [-0.1, -0.05) is 12.1 Å². The van der Waals surface area contributed by atoms with E-state index in [0.717, 1.165) is 17.3 Å². The number of benzene rings is 2. The lowest BCUT2D eigenvalue weighted by molar-refractivity contribution is -0.118. The average molecular weight is 733 g/mol. The van der Waals surface area contributed by atoms with Crippen LogP contribution in [0.3, 0.4) is 0 Å². The van der Waals surface area contributed by atoms with Gasteiger partial charge in [0.25, 0.3) is 11.1 Å². The summed E-state index contributed by atoms with van der Waals surface area (Å²) in [5, 5.41) is 0. The Morgan fingerprint density at radius 3 is 1.63 bits per heavy atom. The van der Waals surface area contributed by atoms with Crippen molar-refractivity contribution < 1.29 is 22.8 Å². The normalized spacial score (nSPS) is 12.9. The topological polar surface area (TPSA) is 158 Å². The summed E-state index contributed by atoms with van der Waals surface area (Å²) in [6.45, 7) is 2.64. The molecule has 4 aromatic heterocycles. The maximum Gasteiger partial charge on any atom is 0.251 e. The van der Waals surface area contributed by atoms with Crippen LogP contribution >= 0.6 is 0 Å². The first kappa shape index (κ1) is 35.6. The second-order valence-electron chi connectivity index (χ2n) is 12.6. The third kappa shape index (κ3) is 7.70. The van der Waals surface area contributed by atoms with E-state index < -0.39 is 11.5 Å². The minimum absolute atomic E-state index is 0.0664. The molecule has 6 heterocycles. The molecule has 0 spiro atoms. The summed E-state index contributed by atoms with van der Waals surface area (Å²) in [6, 6.07) is 18.2. The summed E-state index contributed by atoms with van der Waals surface area (Å²) in [5.74, 6) is -1.43. The highest BCUT2D eigenvalue weighted by molar-refractivity contribution is 5.97. The van der Waals surface area contributed by atoms with E-state index >= 15 is 0 Å². The van der Waals surface area contributed by atoms with Crippen LogP contribution in [0.5, 0.6) is 0 Å². The molecule has 15 heteroatoms. The van der Waals surface area contributed by atoms with Crippen LogP contribution in [0.4, 0.5) is 24.5 Å². The zero-order valence-corrected chi connectivity index (χ0v) is 28.8. The van der Waals surface area contributed by atoms with E-state index in [4.69, 9.17) is 0 Å². The molecule has 0 bridgehead atoms. The number of nitrogens with one attached hydrogen (secondary N) is 2. The fourth-order valence-corrected chi connectivity index (χ4v) is 6.52. The van der Waals surface area contributed by atoms with Gasteiger partial charge in [-0.05, 0) is 62.2 Å². The lowest BCUT2D eigenvalue weighted by Gasteiger charge is -2.17. The van der Waals surface area contributed by atoms with E-state index in [2.05, 4.69) is 29.9 Å². The molecule has 0 radical (unpaired) electrons. The highest BCUT2D eigenvalue weighted by atomic mass is 19.1. The molecule has 0 saturated heterocycles. The zero-order chi connectivity index (χ0) is 37.9. The van der Waals surface area contributed by atoms with Gasteiger partial charge >= 0.3 is 0 Å². The van der Waals surface area contributed by atoms with E-state index in [1.807, 2.05) is 13.0 Å². The van der Waals surface area contributed by atoms with Crippen molar-refractivity contribution in [3.8, 4) is 22.5 Å². The quantitative estimate of drug-likeness (QED) is 0.234. The van der Waals surface area contributed by atoms with E-state index in [-0.39, 0.29) is 59.2 Å². The fourth-order valence-electron chi connectivity index (χ4n) is 6.52. The van der Waals surface area contributed by atoms with E-state index in [0.29, 0.717) is 59.7 Å². The number of fused-ring (bicyclic) bond motifs is 2. The van der Waals surface area contributed by atoms with Gasteiger partial charge in [0.05, 0.1) is 24.2 Å². The number of nitrogens with zero attached hydrogens (tertiary/aromatic N) is 6. The lowest BCUT2D eigenvalue weighted by atomic mass is 10.1. The van der Waals surface area contributed by atoms with Crippen LogP contribution in [0.25, 0.3) is 22.5 Å². The van der Waals surface area contributed by atoms with Crippen LogP contribution in [0, 0.1) is 24.5 Å². The molecule has 2 N–H and O–H groups in total. The minimum atomic E-state index is -0.692. The summed E-state index contributed by atoms with van der Waals surface area (Å²) in [5.41, 5.74) is 4.09. The molecule has 12 nitrogen and oxygen atoms in total. The molecular formula is C39H31F3N8O4. The van der Waals surface area contributed by atoms with Gasteiger partial charge in [0.15, 0.2) is 0 Å². The van der Waals surface area contributed by atoms with Crippen molar-refractivity contribution in [1.82, 2.24) is 29.9 Å². The van der Waals surface area contributed by atoms with Gasteiger partial charge in [0.1, 0.15) is 23.3 Å². The number of carbonyl (C=O) groups excluding carboxylic acids is 2. The number of H-pyrrole nitrogens is 2. The number of rotatable bonds is 6. The van der Waals surface area contributed by atoms with Crippen molar-refractivity contribution in [2.45, 2.75) is 32.6 Å². The first-order valence-corrected chi connectivity index (χ1v) is 16.9. The van der Waals surface area contributed by atoms with Crippen LogP contribution < -0.4 is 20.9 Å². The lowest BCUT2D eigenvalue weighted by Crippen LogP contribution is -2.31. The van der Waals surface area contributed by atoms with Gasteiger partial charge < -0.3 is 19.8 Å². The first-order valence-electron chi connectivity index (χ1n) is 16.9. The van der Waals surface area contributed by atoms with Gasteiger partial charge in [0.2, 0.25) is 17.8 Å². The second-order valence-corrected chi connectivity index (χ2v) is 12.6. The number of amides is 2. The number of carbonyl (C=O) groups is 2. The third-order valence-corrected chi connectivity index (χ3v) is 8.98. The van der Waals surface area contributed by atoms with Crippen LogP contribution in [0.15, 0.2) is 94.8 Å². The molecule has 0 aliphatic carbocycles. The van der Waals surface area contributed by atoms with Crippen LogP contribution in [0.2, 0.25) is 0 Å². The Kier molecular flexibility index (Phi) is 9.94. The zero-order valence-electron chi connectivity index (χ0n) is 28.8. The molecule has 0 unspecified atom stereocenters. The number of aromatic nitrogens is 6. The number of hydrogen-bond acceptors (Lipinski definition) is 8. The molecular weight excluding hydrogens is 701 g/mol. The Labute approximate surface area is 305 Å². The Balaban J connectivity index is 0.000000167. The molecule has 54 heavy (non-hydrogen) atoms. The molecule has 0 fully saturated rings. The number of halogens is 3. The van der Waals surface area contributed by atoms with Crippen molar-refractivity contribution in [2.24, 2.45) is 0 Å². The SMILES string of the molecule is Cc1cc(-c2cc(=O)[nH]c(CC(=O)N3CCc4c(F)cccc43)n2)ccn1.O=C(Cc1nc(-c2ccnc(F)c2)cc(=O)[nH]1)N1CCc2c(F)cccc21. The van der Waals surface area contributed by atoms with Gasteiger partial charge in [-0.25, -0.2) is 23.7 Å². The molecule has 2 aromatic carbocycles. The molecule has 0 atom stereocenters. The van der Waals surface area contributed by atoms with Crippen LogP contribution in [-0.4, -0.2) is 54.8 Å². The summed E-state index contributed by atoms with van der Waals surface area (Å²) < 4.78 is 41.1. The van der Waals surface area contributed by atoms with E-state index in [9.17, 15) is 32.3 Å². The average Bonchev–Trinajstić information content (AvgIpc) is 3.78. The fraction of sp³-hybridized carbons (Fsp3) is 0.179. The summed E-state index contributed by atoms with van der Waals surface area (Å²) in [6.07, 6.45) is 3.61. The summed E-state index contributed by atoms with van der Waals surface area (Å²) in [7, 11) is 0. The van der Waals surface area contributed by atoms with Crippen molar-refractivity contribution in [3.05, 3.63) is 152 Å². The van der Waals surface area contributed by atoms with E-state index in [1.54, 1.807) is 41.4 Å².